The number of aromatic nitrogens is 3. The molecule has 4 rings (SSSR count). The third kappa shape index (κ3) is 5.38. The molecule has 0 aliphatic heterocycles. The lowest BCUT2D eigenvalue weighted by atomic mass is 10.1. The van der Waals surface area contributed by atoms with Crippen molar-refractivity contribution in [2.24, 2.45) is 7.05 Å². The summed E-state index contributed by atoms with van der Waals surface area (Å²) in [5, 5.41) is 15.6. The minimum Gasteiger partial charge on any atom is -0.352 e. The second-order valence-electron chi connectivity index (χ2n) is 7.89. The average molecular weight is 459 g/mol. The van der Waals surface area contributed by atoms with Crippen molar-refractivity contribution >= 4 is 34.4 Å². The molecule has 0 aliphatic carbocycles. The van der Waals surface area contributed by atoms with Gasteiger partial charge in [-0.1, -0.05) is 18.2 Å². The van der Waals surface area contributed by atoms with E-state index in [2.05, 4.69) is 43.5 Å². The van der Waals surface area contributed by atoms with E-state index in [0.29, 0.717) is 30.9 Å². The first kappa shape index (κ1) is 22.9. The summed E-state index contributed by atoms with van der Waals surface area (Å²) >= 11 is 0. The zero-order valence-corrected chi connectivity index (χ0v) is 18.8. The van der Waals surface area contributed by atoms with E-state index in [4.69, 9.17) is 5.21 Å². The summed E-state index contributed by atoms with van der Waals surface area (Å²) in [5.74, 6) is -0.150. The second-order valence-corrected chi connectivity index (χ2v) is 7.89. The third-order valence-electron chi connectivity index (χ3n) is 5.47. The summed E-state index contributed by atoms with van der Waals surface area (Å²) in [7, 11) is 2.01. The molecule has 2 heterocycles. The second kappa shape index (κ2) is 10.6. The molecule has 0 atom stereocenters. The summed E-state index contributed by atoms with van der Waals surface area (Å²) < 4.78 is 2.08. The van der Waals surface area contributed by atoms with Crippen LogP contribution in [-0.4, -0.2) is 38.1 Å². The maximum Gasteiger partial charge on any atom is 0.251 e. The zero-order valence-electron chi connectivity index (χ0n) is 18.8. The Labute approximate surface area is 196 Å². The number of hydrogen-bond acceptors (Lipinski definition) is 6. The molecule has 0 saturated heterocycles. The molecule has 0 unspecified atom stereocenters. The number of hydrogen-bond donors (Lipinski definition) is 4. The zero-order chi connectivity index (χ0) is 23.9. The highest BCUT2D eigenvalue weighted by atomic mass is 16.5. The van der Waals surface area contributed by atoms with E-state index in [9.17, 15) is 9.59 Å². The van der Waals surface area contributed by atoms with Crippen molar-refractivity contribution in [2.45, 2.75) is 19.3 Å². The number of benzene rings is 2. The number of aryl methyl sites for hydroxylation is 1. The molecule has 0 fully saturated rings. The van der Waals surface area contributed by atoms with E-state index in [1.54, 1.807) is 35.9 Å². The van der Waals surface area contributed by atoms with E-state index in [-0.39, 0.29) is 12.3 Å². The molecule has 0 aliphatic rings. The maximum absolute atomic E-state index is 12.3. The quantitative estimate of drug-likeness (QED) is 0.172. The van der Waals surface area contributed by atoms with Crippen molar-refractivity contribution in [3.05, 3.63) is 72.6 Å². The molecule has 4 aromatic rings. The van der Waals surface area contributed by atoms with Crippen LogP contribution in [0.25, 0.3) is 22.2 Å². The lowest BCUT2D eigenvalue weighted by molar-refractivity contribution is -0.129. The standard InChI is InChI=1S/C25H26N6O3/c1-31-16-20(19-6-2-3-7-22(19)31)21-13-15-27-25(29-21)28-18-11-9-17(10-12-18)24(33)26-14-5-4-8-23(32)30-34/h2-3,6-7,9-13,15-16,34H,4-5,8,14H2,1H3,(H,26,33)(H,30,32)(H,27,28,29). The van der Waals surface area contributed by atoms with Crippen molar-refractivity contribution < 1.29 is 14.8 Å². The van der Waals surface area contributed by atoms with E-state index in [0.717, 1.165) is 27.8 Å². The number of nitrogens with zero attached hydrogens (tertiary/aromatic N) is 3. The molecule has 2 aromatic heterocycles. The number of para-hydroxylation sites is 1. The molecule has 9 heteroatoms. The Bertz CT molecular complexity index is 1300. The number of rotatable bonds is 9. The fourth-order valence-electron chi connectivity index (χ4n) is 3.72. The summed E-state index contributed by atoms with van der Waals surface area (Å²) in [6, 6.07) is 17.1. The SMILES string of the molecule is Cn1cc(-c2ccnc(Nc3ccc(C(=O)NCCCCC(=O)NO)cc3)n2)c2ccccc21. The number of fused-ring (bicyclic) bond motifs is 1. The minimum absolute atomic E-state index is 0.188. The van der Waals surface area contributed by atoms with Gasteiger partial charge in [0.15, 0.2) is 0 Å². The van der Waals surface area contributed by atoms with Crippen molar-refractivity contribution in [3.8, 4) is 11.3 Å². The van der Waals surface area contributed by atoms with Crippen LogP contribution in [-0.2, 0) is 11.8 Å². The van der Waals surface area contributed by atoms with Crippen molar-refractivity contribution in [1.29, 1.82) is 0 Å². The number of nitrogens with one attached hydrogen (secondary N) is 3. The summed E-state index contributed by atoms with van der Waals surface area (Å²) in [4.78, 5) is 32.3. The molecule has 174 valence electrons. The van der Waals surface area contributed by atoms with Gasteiger partial charge in [0.2, 0.25) is 11.9 Å². The van der Waals surface area contributed by atoms with Crippen LogP contribution in [0.2, 0.25) is 0 Å². The summed E-state index contributed by atoms with van der Waals surface area (Å²) in [6.45, 7) is 0.451. The molecular formula is C25H26N6O3. The first-order chi connectivity index (χ1) is 16.5. The van der Waals surface area contributed by atoms with Gasteiger partial charge in [-0.2, -0.15) is 0 Å². The van der Waals surface area contributed by atoms with Gasteiger partial charge in [0.25, 0.3) is 5.91 Å². The fraction of sp³-hybridized carbons (Fsp3) is 0.200. The van der Waals surface area contributed by atoms with E-state index in [1.807, 2.05) is 25.2 Å². The highest BCUT2D eigenvalue weighted by Crippen LogP contribution is 2.29. The van der Waals surface area contributed by atoms with Gasteiger partial charge in [0, 0.05) is 60.1 Å². The Hall–Kier alpha value is -4.24. The van der Waals surface area contributed by atoms with Gasteiger partial charge in [-0.15, -0.1) is 0 Å². The van der Waals surface area contributed by atoms with Crippen molar-refractivity contribution in [1.82, 2.24) is 25.3 Å². The van der Waals surface area contributed by atoms with Crippen LogP contribution >= 0.6 is 0 Å². The number of carbonyl (C=O) groups is 2. The van der Waals surface area contributed by atoms with Crippen LogP contribution in [0.4, 0.5) is 11.6 Å². The highest BCUT2D eigenvalue weighted by molar-refractivity contribution is 5.95. The number of unbranched alkanes of at least 4 members (excludes halogenated alkanes) is 1. The molecule has 0 radical (unpaired) electrons. The monoisotopic (exact) mass is 458 g/mol. The van der Waals surface area contributed by atoms with Gasteiger partial charge in [-0.3, -0.25) is 14.8 Å². The highest BCUT2D eigenvalue weighted by Gasteiger charge is 2.11. The van der Waals surface area contributed by atoms with Crippen LogP contribution < -0.4 is 16.1 Å². The van der Waals surface area contributed by atoms with Crippen LogP contribution in [0, 0.1) is 0 Å². The van der Waals surface area contributed by atoms with Gasteiger partial charge in [0.05, 0.1) is 5.69 Å². The minimum atomic E-state index is -0.430. The lowest BCUT2D eigenvalue weighted by Gasteiger charge is -2.08. The summed E-state index contributed by atoms with van der Waals surface area (Å²) in [6.07, 6.45) is 5.22. The fourth-order valence-corrected chi connectivity index (χ4v) is 3.72. The number of anilines is 2. The Kier molecular flexibility index (Phi) is 7.14. The molecule has 0 saturated carbocycles. The molecule has 2 amide bonds. The first-order valence-corrected chi connectivity index (χ1v) is 11.0. The Balaban J connectivity index is 1.37. The predicted molar refractivity (Wildman–Crippen MR) is 130 cm³/mol. The van der Waals surface area contributed by atoms with Gasteiger partial charge in [0.1, 0.15) is 0 Å². The number of amides is 2. The van der Waals surface area contributed by atoms with E-state index < -0.39 is 5.91 Å². The average Bonchev–Trinajstić information content (AvgIpc) is 3.21. The number of hydroxylamine groups is 1. The molecule has 2 aromatic carbocycles. The Morgan fingerprint density at radius 2 is 1.82 bits per heavy atom. The smallest absolute Gasteiger partial charge is 0.251 e. The largest absolute Gasteiger partial charge is 0.352 e. The van der Waals surface area contributed by atoms with Crippen molar-refractivity contribution in [3.63, 3.8) is 0 Å². The molecule has 0 bridgehead atoms. The predicted octanol–water partition coefficient (Wildman–Crippen LogP) is 3.78. The first-order valence-electron chi connectivity index (χ1n) is 11.0. The molecule has 0 spiro atoms. The summed E-state index contributed by atoms with van der Waals surface area (Å²) in [5.41, 5.74) is 5.88. The van der Waals surface area contributed by atoms with E-state index >= 15 is 0 Å². The van der Waals surface area contributed by atoms with Crippen LogP contribution in [0.3, 0.4) is 0 Å². The lowest BCUT2D eigenvalue weighted by Crippen LogP contribution is -2.25. The van der Waals surface area contributed by atoms with Gasteiger partial charge >= 0.3 is 0 Å². The Morgan fingerprint density at radius 3 is 2.62 bits per heavy atom. The molecular weight excluding hydrogens is 432 g/mol. The molecule has 4 N–H and O–H groups in total. The number of carbonyl (C=O) groups excluding carboxylic acids is 2. The van der Waals surface area contributed by atoms with Crippen LogP contribution in [0.1, 0.15) is 29.6 Å². The van der Waals surface area contributed by atoms with Gasteiger partial charge in [-0.05, 0) is 49.2 Å². The van der Waals surface area contributed by atoms with Crippen LogP contribution in [0.5, 0.6) is 0 Å². The molecule has 9 nitrogen and oxygen atoms in total. The van der Waals surface area contributed by atoms with Crippen molar-refractivity contribution in [2.75, 3.05) is 11.9 Å². The maximum atomic E-state index is 12.3. The normalized spacial score (nSPS) is 10.8. The van der Waals surface area contributed by atoms with Crippen LogP contribution in [0.15, 0.2) is 67.0 Å². The Morgan fingerprint density at radius 1 is 1.03 bits per heavy atom. The third-order valence-corrected chi connectivity index (χ3v) is 5.47. The van der Waals surface area contributed by atoms with Gasteiger partial charge < -0.3 is 15.2 Å². The van der Waals surface area contributed by atoms with Gasteiger partial charge in [-0.25, -0.2) is 15.4 Å². The topological polar surface area (TPSA) is 121 Å². The molecule has 34 heavy (non-hydrogen) atoms. The van der Waals surface area contributed by atoms with E-state index in [1.165, 1.54) is 0 Å².